The van der Waals surface area contributed by atoms with Gasteiger partial charge in [-0.05, 0) is 38.2 Å². The van der Waals surface area contributed by atoms with E-state index in [0.717, 1.165) is 5.56 Å². The van der Waals surface area contributed by atoms with Gasteiger partial charge >= 0.3 is 0 Å². The Morgan fingerprint density at radius 1 is 0.979 bits per heavy atom. The lowest BCUT2D eigenvalue weighted by Crippen LogP contribution is -2.60. The Morgan fingerprint density at radius 2 is 1.71 bits per heavy atom. The molecule has 3 aliphatic rings. The third-order valence-electron chi connectivity index (χ3n) is 9.02. The summed E-state index contributed by atoms with van der Waals surface area (Å²) < 4.78 is 0. The van der Waals surface area contributed by atoms with Crippen LogP contribution in [0.5, 0.6) is 0 Å². The van der Waals surface area contributed by atoms with Crippen molar-refractivity contribution in [1.82, 2.24) is 31.2 Å². The van der Waals surface area contributed by atoms with Gasteiger partial charge in [-0.15, -0.1) is 23.1 Å². The molecule has 1 saturated heterocycles. The van der Waals surface area contributed by atoms with Crippen molar-refractivity contribution in [2.45, 2.75) is 95.7 Å². The van der Waals surface area contributed by atoms with Crippen LogP contribution >= 0.6 is 23.1 Å². The molecule has 1 fully saturated rings. The molecule has 5 N–H and O–H groups in total. The van der Waals surface area contributed by atoms with Crippen LogP contribution in [0, 0.1) is 5.92 Å². The molecule has 4 bridgehead atoms. The SMILES string of the molecule is CCC(C)C1NC(=O)[C@H]([C@@H](C)O)NC(=O)[C@@H]2CCCN2C(=O)[C@H](Cc2ccccc2)NC(=O)c2csc(n2)[C@@H](C)NC(=O)[C@@H]2CSC1=N2. The first-order valence-electron chi connectivity index (χ1n) is 16.4. The molecule has 5 amide bonds. The van der Waals surface area contributed by atoms with Crippen molar-refractivity contribution in [3.8, 4) is 0 Å². The summed E-state index contributed by atoms with van der Waals surface area (Å²) in [7, 11) is 0. The number of rotatable bonds is 5. The number of aliphatic imine (C=N–C) groups is 1. The summed E-state index contributed by atoms with van der Waals surface area (Å²) in [5, 5.41) is 24.8. The van der Waals surface area contributed by atoms with Crippen LogP contribution in [-0.2, 0) is 25.6 Å². The monoisotopic (exact) mass is 697 g/mol. The Bertz CT molecular complexity index is 1550. The van der Waals surface area contributed by atoms with Gasteiger partial charge in [-0.2, -0.15) is 0 Å². The Labute approximate surface area is 288 Å². The summed E-state index contributed by atoms with van der Waals surface area (Å²) in [5.41, 5.74) is 0.927. The number of nitrogens with zero attached hydrogens (tertiary/aromatic N) is 3. The average molecular weight is 698 g/mol. The molecule has 1 aromatic carbocycles. The van der Waals surface area contributed by atoms with Gasteiger partial charge in [0.25, 0.3) is 5.91 Å². The van der Waals surface area contributed by atoms with Crippen LogP contribution in [0.4, 0.5) is 0 Å². The fourth-order valence-electron chi connectivity index (χ4n) is 6.03. The predicted octanol–water partition coefficient (Wildman–Crippen LogP) is 1.58. The number of carbonyl (C=O) groups excluding carboxylic acids is 5. The van der Waals surface area contributed by atoms with Crippen molar-refractivity contribution in [1.29, 1.82) is 0 Å². The van der Waals surface area contributed by atoms with Crippen LogP contribution in [0.25, 0.3) is 0 Å². The van der Waals surface area contributed by atoms with E-state index in [-0.39, 0.29) is 30.5 Å². The highest BCUT2D eigenvalue weighted by Gasteiger charge is 2.41. The minimum atomic E-state index is -1.30. The van der Waals surface area contributed by atoms with Gasteiger partial charge in [-0.25, -0.2) is 4.98 Å². The molecule has 1 aromatic heterocycles. The zero-order valence-electron chi connectivity index (χ0n) is 27.5. The van der Waals surface area contributed by atoms with Crippen LogP contribution in [0.3, 0.4) is 0 Å². The van der Waals surface area contributed by atoms with Crippen LogP contribution in [-0.4, -0.2) is 98.2 Å². The maximum absolute atomic E-state index is 14.1. The number of aromatic nitrogens is 1. The average Bonchev–Trinajstić information content (AvgIpc) is 3.86. The highest BCUT2D eigenvalue weighted by molar-refractivity contribution is 8.14. The van der Waals surface area contributed by atoms with Gasteiger partial charge in [0.15, 0.2) is 0 Å². The largest absolute Gasteiger partial charge is 0.391 e. The molecule has 0 saturated carbocycles. The molecule has 258 valence electrons. The summed E-state index contributed by atoms with van der Waals surface area (Å²) in [4.78, 5) is 78.9. The van der Waals surface area contributed by atoms with Crippen LogP contribution in [0.2, 0.25) is 0 Å². The Balaban J connectivity index is 1.50. The van der Waals surface area contributed by atoms with E-state index in [4.69, 9.17) is 0 Å². The number of thioether (sulfide) groups is 1. The molecule has 8 atom stereocenters. The number of fused-ring (bicyclic) bond motifs is 4. The summed E-state index contributed by atoms with van der Waals surface area (Å²) in [6.45, 7) is 7.42. The van der Waals surface area contributed by atoms with E-state index in [9.17, 15) is 29.1 Å². The minimum absolute atomic E-state index is 0.0591. The molecule has 5 rings (SSSR count). The van der Waals surface area contributed by atoms with Gasteiger partial charge < -0.3 is 31.3 Å². The van der Waals surface area contributed by atoms with E-state index >= 15 is 0 Å². The van der Waals surface area contributed by atoms with E-state index in [1.165, 1.54) is 34.9 Å². The number of hydrogen-bond donors (Lipinski definition) is 5. The molecule has 48 heavy (non-hydrogen) atoms. The molecule has 3 aliphatic heterocycles. The highest BCUT2D eigenvalue weighted by atomic mass is 32.2. The van der Waals surface area contributed by atoms with Gasteiger partial charge in [0.1, 0.15) is 34.9 Å². The van der Waals surface area contributed by atoms with E-state index in [2.05, 4.69) is 31.2 Å². The van der Waals surface area contributed by atoms with Gasteiger partial charge in [0.2, 0.25) is 23.6 Å². The predicted molar refractivity (Wildman–Crippen MR) is 183 cm³/mol. The molecule has 0 spiro atoms. The molecule has 2 aromatic rings. The van der Waals surface area contributed by atoms with Gasteiger partial charge in [-0.1, -0.05) is 50.6 Å². The van der Waals surface area contributed by atoms with Crippen LogP contribution < -0.4 is 21.3 Å². The second-order valence-corrected chi connectivity index (χ2v) is 14.5. The normalized spacial score (nSPS) is 28.6. The quantitative estimate of drug-likeness (QED) is 0.312. The fraction of sp³-hybridized carbons (Fsp3) is 0.545. The zero-order valence-corrected chi connectivity index (χ0v) is 29.1. The fourth-order valence-corrected chi connectivity index (χ4v) is 8.06. The molecular weight excluding hydrogens is 655 g/mol. The second-order valence-electron chi connectivity index (χ2n) is 12.6. The number of hydrogen-bond acceptors (Lipinski definition) is 10. The van der Waals surface area contributed by atoms with Gasteiger partial charge in [-0.3, -0.25) is 29.0 Å². The van der Waals surface area contributed by atoms with E-state index < -0.39 is 66.0 Å². The highest BCUT2D eigenvalue weighted by Crippen LogP contribution is 2.27. The lowest BCUT2D eigenvalue weighted by atomic mass is 9.99. The van der Waals surface area contributed by atoms with Crippen molar-refractivity contribution in [2.24, 2.45) is 10.9 Å². The number of nitrogens with one attached hydrogen (secondary N) is 4. The first-order valence-corrected chi connectivity index (χ1v) is 18.2. The third-order valence-corrected chi connectivity index (χ3v) is 11.2. The maximum atomic E-state index is 14.1. The van der Waals surface area contributed by atoms with Crippen molar-refractivity contribution in [3.05, 3.63) is 52.0 Å². The molecule has 2 unspecified atom stereocenters. The molecule has 0 aliphatic carbocycles. The first kappa shape index (κ1) is 35.5. The number of amides is 5. The van der Waals surface area contributed by atoms with Crippen molar-refractivity contribution < 1.29 is 29.1 Å². The molecule has 15 heteroatoms. The van der Waals surface area contributed by atoms with Crippen molar-refractivity contribution >= 4 is 57.7 Å². The lowest BCUT2D eigenvalue weighted by molar-refractivity contribution is -0.141. The van der Waals surface area contributed by atoms with Gasteiger partial charge in [0.05, 0.1) is 23.2 Å². The first-order chi connectivity index (χ1) is 23.0. The Hall–Kier alpha value is -3.82. The Kier molecular flexibility index (Phi) is 11.5. The van der Waals surface area contributed by atoms with Gasteiger partial charge in [0, 0.05) is 24.1 Å². The smallest absolute Gasteiger partial charge is 0.271 e. The summed E-state index contributed by atoms with van der Waals surface area (Å²) in [5.74, 6) is -2.14. The number of thiazole rings is 1. The number of aliphatic hydroxyl groups is 1. The van der Waals surface area contributed by atoms with E-state index in [1.54, 1.807) is 12.3 Å². The van der Waals surface area contributed by atoms with E-state index in [1.807, 2.05) is 44.2 Å². The summed E-state index contributed by atoms with van der Waals surface area (Å²) >= 11 is 2.61. The second kappa shape index (κ2) is 15.6. The lowest BCUT2D eigenvalue weighted by Gasteiger charge is -2.31. The summed E-state index contributed by atoms with van der Waals surface area (Å²) in [6, 6.07) is 4.28. The van der Waals surface area contributed by atoms with Crippen molar-refractivity contribution in [2.75, 3.05) is 12.3 Å². The van der Waals surface area contributed by atoms with Crippen LogP contribution in [0.1, 0.15) is 74.1 Å². The molecule has 4 heterocycles. The molecule has 13 nitrogen and oxygen atoms in total. The standard InChI is InChI=1S/C33H43N7O6S2/c1-5-17(2)25-32-37-22(16-48-32)27(42)34-18(3)31-36-23(15-47-31)28(43)35-21(14-20-10-7-6-8-11-20)33(46)40-13-9-12-24(40)29(44)39-26(19(4)41)30(45)38-25/h6-8,10-11,15,17-19,21-22,24-26,41H,5,9,12-14,16H2,1-4H3,(H,34,42)(H,35,43)(H,38,45)(H,39,44)/t17?,18-,19-,21+,22+,24+,25?,26+/m1/s1. The van der Waals surface area contributed by atoms with E-state index in [0.29, 0.717) is 35.1 Å². The third kappa shape index (κ3) is 8.06. The minimum Gasteiger partial charge on any atom is -0.391 e. The maximum Gasteiger partial charge on any atom is 0.271 e. The molecule has 0 radical (unpaired) electrons. The zero-order chi connectivity index (χ0) is 34.5. The number of carbonyl (C=O) groups is 5. The number of aliphatic hydroxyl groups excluding tert-OH is 1. The number of benzene rings is 1. The van der Waals surface area contributed by atoms with Crippen molar-refractivity contribution in [3.63, 3.8) is 0 Å². The topological polar surface area (TPSA) is 182 Å². The van der Waals surface area contributed by atoms with Crippen LogP contribution in [0.15, 0.2) is 40.7 Å². The molecular formula is C33H43N7O6S2. The Morgan fingerprint density at radius 3 is 2.42 bits per heavy atom. The summed E-state index contributed by atoms with van der Waals surface area (Å²) in [6.07, 6.45) is 0.541.